The van der Waals surface area contributed by atoms with E-state index in [1.165, 1.54) is 4.90 Å². The quantitative estimate of drug-likeness (QED) is 0.876. The summed E-state index contributed by atoms with van der Waals surface area (Å²) in [6.07, 6.45) is 1.67. The number of ether oxygens (including phenoxy) is 1. The van der Waals surface area contributed by atoms with E-state index in [1.807, 2.05) is 30.3 Å². The Morgan fingerprint density at radius 1 is 1.04 bits per heavy atom. The zero-order valence-corrected chi connectivity index (χ0v) is 13.3. The largest absolute Gasteiger partial charge is 0.497 e. The second-order valence-electron chi connectivity index (χ2n) is 5.44. The molecule has 3 amide bonds. The molecule has 0 radical (unpaired) electrons. The van der Waals surface area contributed by atoms with Gasteiger partial charge in [0, 0.05) is 0 Å². The van der Waals surface area contributed by atoms with Crippen LogP contribution < -0.4 is 15.1 Å². The Kier molecular flexibility index (Phi) is 3.46. The number of amides is 3. The van der Waals surface area contributed by atoms with E-state index < -0.39 is 6.03 Å². The van der Waals surface area contributed by atoms with E-state index in [1.54, 1.807) is 37.5 Å². The highest BCUT2D eigenvalue weighted by Gasteiger charge is 2.44. The van der Waals surface area contributed by atoms with Crippen LogP contribution in [0.15, 0.2) is 65.3 Å². The minimum atomic E-state index is -0.415. The summed E-state index contributed by atoms with van der Waals surface area (Å²) in [6, 6.07) is 15.9. The van der Waals surface area contributed by atoms with Gasteiger partial charge in [0.1, 0.15) is 11.4 Å². The van der Waals surface area contributed by atoms with Crippen LogP contribution >= 0.6 is 0 Å². The van der Waals surface area contributed by atoms with Gasteiger partial charge in [-0.3, -0.25) is 4.79 Å². The lowest BCUT2D eigenvalue weighted by atomic mass is 10.2. The van der Waals surface area contributed by atoms with Crippen LogP contribution in [0.25, 0.3) is 6.08 Å². The number of carbonyl (C=O) groups excluding carboxylic acids is 2. The number of benzene rings is 2. The van der Waals surface area contributed by atoms with Gasteiger partial charge in [-0.15, -0.1) is 0 Å². The first-order chi connectivity index (χ1) is 12.2. The molecule has 2 aliphatic rings. The summed E-state index contributed by atoms with van der Waals surface area (Å²) >= 11 is 0. The molecule has 2 aromatic carbocycles. The van der Waals surface area contributed by atoms with E-state index in [-0.39, 0.29) is 17.6 Å². The number of hydrazine groups is 1. The van der Waals surface area contributed by atoms with Crippen LogP contribution in [-0.4, -0.2) is 30.0 Å². The Labute approximate surface area is 143 Å². The van der Waals surface area contributed by atoms with Crippen molar-refractivity contribution in [2.75, 3.05) is 12.0 Å². The fourth-order valence-corrected chi connectivity index (χ4v) is 2.66. The summed E-state index contributed by atoms with van der Waals surface area (Å²) in [7, 11) is 1.59. The Balaban J connectivity index is 1.69. The third kappa shape index (κ3) is 2.51. The van der Waals surface area contributed by atoms with Crippen LogP contribution in [0.3, 0.4) is 0 Å². The van der Waals surface area contributed by atoms with Crippen molar-refractivity contribution in [2.45, 2.75) is 0 Å². The van der Waals surface area contributed by atoms with Crippen LogP contribution in [0.4, 0.5) is 10.5 Å². The van der Waals surface area contributed by atoms with Gasteiger partial charge in [0.05, 0.1) is 12.8 Å². The van der Waals surface area contributed by atoms with E-state index in [4.69, 9.17) is 4.74 Å². The van der Waals surface area contributed by atoms with Gasteiger partial charge in [0.25, 0.3) is 5.91 Å². The summed E-state index contributed by atoms with van der Waals surface area (Å²) in [5, 5.41) is 1.16. The molecular formula is C18H14N4O3. The summed E-state index contributed by atoms with van der Waals surface area (Å²) in [6.45, 7) is 0. The molecule has 25 heavy (non-hydrogen) atoms. The predicted molar refractivity (Wildman–Crippen MR) is 92.7 cm³/mol. The maximum atomic E-state index is 12.5. The molecule has 0 atom stereocenters. The summed E-state index contributed by atoms with van der Waals surface area (Å²) < 4.78 is 5.12. The molecule has 124 valence electrons. The number of nitrogens with zero attached hydrogens (tertiary/aromatic N) is 3. The molecular weight excluding hydrogens is 320 g/mol. The monoisotopic (exact) mass is 334 g/mol. The van der Waals surface area contributed by atoms with Gasteiger partial charge in [-0.2, -0.15) is 5.01 Å². The number of para-hydroxylation sites is 1. The number of nitrogens with one attached hydrogen (secondary N) is 1. The van der Waals surface area contributed by atoms with Crippen molar-refractivity contribution in [2.24, 2.45) is 4.99 Å². The number of carbonyl (C=O) groups is 2. The molecule has 2 aliphatic heterocycles. The number of rotatable bonds is 3. The minimum absolute atomic E-state index is 0.251. The minimum Gasteiger partial charge on any atom is -0.497 e. The van der Waals surface area contributed by atoms with Gasteiger partial charge in [0.15, 0.2) is 0 Å². The number of guanidine groups is 1. The van der Waals surface area contributed by atoms with Crippen molar-refractivity contribution in [3.63, 3.8) is 0 Å². The van der Waals surface area contributed by atoms with E-state index >= 15 is 0 Å². The van der Waals surface area contributed by atoms with Gasteiger partial charge in [-0.25, -0.2) is 20.1 Å². The fraction of sp³-hybridized carbons (Fsp3) is 0.0556. The Morgan fingerprint density at radius 2 is 1.76 bits per heavy atom. The zero-order valence-electron chi connectivity index (χ0n) is 13.3. The SMILES string of the molecule is COc1ccc(/C=C2\N=C3N(NC(=O)N3c3ccccc3)C2=O)cc1. The second-order valence-corrected chi connectivity index (χ2v) is 5.44. The maximum Gasteiger partial charge on any atom is 0.348 e. The van der Waals surface area contributed by atoms with Crippen molar-refractivity contribution in [1.29, 1.82) is 0 Å². The average Bonchev–Trinajstić information content (AvgIpc) is 3.12. The smallest absolute Gasteiger partial charge is 0.348 e. The molecule has 1 saturated heterocycles. The molecule has 0 bridgehead atoms. The van der Waals surface area contributed by atoms with Crippen LogP contribution in [0.1, 0.15) is 5.56 Å². The van der Waals surface area contributed by atoms with Gasteiger partial charge in [0.2, 0.25) is 5.96 Å². The topological polar surface area (TPSA) is 74.2 Å². The molecule has 0 unspecified atom stereocenters. The fourth-order valence-electron chi connectivity index (χ4n) is 2.66. The Bertz CT molecular complexity index is 904. The zero-order chi connectivity index (χ0) is 17.4. The summed E-state index contributed by atoms with van der Waals surface area (Å²) in [5.74, 6) is 0.605. The van der Waals surface area contributed by atoms with E-state index in [0.29, 0.717) is 5.69 Å². The normalized spacial score (nSPS) is 17.6. The van der Waals surface area contributed by atoms with Crippen LogP contribution in [0.5, 0.6) is 5.75 Å². The van der Waals surface area contributed by atoms with Gasteiger partial charge < -0.3 is 4.74 Å². The third-order valence-electron chi connectivity index (χ3n) is 3.89. The predicted octanol–water partition coefficient (Wildman–Crippen LogP) is 2.38. The summed E-state index contributed by atoms with van der Waals surface area (Å²) in [4.78, 5) is 30.4. The van der Waals surface area contributed by atoms with Crippen molar-refractivity contribution >= 4 is 29.7 Å². The van der Waals surface area contributed by atoms with Crippen molar-refractivity contribution in [1.82, 2.24) is 10.4 Å². The molecule has 0 aromatic heterocycles. The highest BCUT2D eigenvalue weighted by atomic mass is 16.5. The number of anilines is 1. The molecule has 2 heterocycles. The number of methoxy groups -OCH3 is 1. The van der Waals surface area contributed by atoms with E-state index in [9.17, 15) is 9.59 Å². The number of fused-ring (bicyclic) bond motifs is 1. The Morgan fingerprint density at radius 3 is 2.44 bits per heavy atom. The number of hydrogen-bond donors (Lipinski definition) is 1. The van der Waals surface area contributed by atoms with Crippen LogP contribution in [0.2, 0.25) is 0 Å². The number of hydrogen-bond acceptors (Lipinski definition) is 4. The molecule has 1 fully saturated rings. The van der Waals surface area contributed by atoms with Gasteiger partial charge in [-0.05, 0) is 35.9 Å². The van der Waals surface area contributed by atoms with E-state index in [2.05, 4.69) is 10.4 Å². The van der Waals surface area contributed by atoms with Gasteiger partial charge >= 0.3 is 6.03 Å². The number of urea groups is 1. The first kappa shape index (κ1) is 14.9. The first-order valence-corrected chi connectivity index (χ1v) is 7.62. The summed E-state index contributed by atoms with van der Waals surface area (Å²) in [5.41, 5.74) is 4.23. The number of aliphatic imine (C=N–C) groups is 1. The lowest BCUT2D eigenvalue weighted by Crippen LogP contribution is -2.37. The van der Waals surface area contributed by atoms with Gasteiger partial charge in [-0.1, -0.05) is 30.3 Å². The Hall–Kier alpha value is -3.61. The highest BCUT2D eigenvalue weighted by Crippen LogP contribution is 2.26. The molecule has 7 nitrogen and oxygen atoms in total. The molecule has 0 spiro atoms. The second kappa shape index (κ2) is 5.79. The molecule has 4 rings (SSSR count). The van der Waals surface area contributed by atoms with E-state index in [0.717, 1.165) is 16.3 Å². The molecule has 1 N–H and O–H groups in total. The lowest BCUT2D eigenvalue weighted by Gasteiger charge is -2.12. The van der Waals surface area contributed by atoms with Crippen molar-refractivity contribution in [3.8, 4) is 5.75 Å². The van der Waals surface area contributed by atoms with Crippen LogP contribution in [0, 0.1) is 0 Å². The third-order valence-corrected chi connectivity index (χ3v) is 3.89. The van der Waals surface area contributed by atoms with Crippen molar-refractivity contribution < 1.29 is 14.3 Å². The van der Waals surface area contributed by atoms with Crippen LogP contribution in [-0.2, 0) is 4.79 Å². The van der Waals surface area contributed by atoms with Crippen molar-refractivity contribution in [3.05, 3.63) is 65.9 Å². The highest BCUT2D eigenvalue weighted by molar-refractivity contribution is 6.29. The first-order valence-electron chi connectivity index (χ1n) is 7.62. The molecule has 0 saturated carbocycles. The standard InChI is InChI=1S/C18H14N4O3/c1-25-14-9-7-12(8-10-14)11-15-16(23)22-17(19-15)21(18(24)20-22)13-5-3-2-4-6-13/h2-11H,1H3,(H,20,24)/b15-11-. The lowest BCUT2D eigenvalue weighted by molar-refractivity contribution is -0.123. The molecule has 7 heteroatoms. The average molecular weight is 334 g/mol. The maximum absolute atomic E-state index is 12.5. The molecule has 2 aromatic rings. The molecule has 0 aliphatic carbocycles.